The van der Waals surface area contributed by atoms with Gasteiger partial charge in [0, 0.05) is 0 Å². The molecule has 0 saturated heterocycles. The first-order valence-electron chi connectivity index (χ1n) is 3.12. The number of allylic oxidation sites excluding steroid dienone is 1. The van der Waals surface area contributed by atoms with Gasteiger partial charge in [-0.05, 0) is 19.4 Å². The first-order chi connectivity index (χ1) is 3.66. The molecule has 0 aromatic rings. The van der Waals surface area contributed by atoms with Crippen LogP contribution in [-0.2, 0) is 0 Å². The van der Waals surface area contributed by atoms with Gasteiger partial charge < -0.3 is 0 Å². The molecule has 0 bridgehead atoms. The smallest absolute Gasteiger partial charge is 0.0959 e. The van der Waals surface area contributed by atoms with Crippen molar-refractivity contribution < 1.29 is 0 Å². The van der Waals surface area contributed by atoms with Crippen molar-refractivity contribution in [2.24, 2.45) is 0 Å². The molecule has 0 nitrogen and oxygen atoms in total. The minimum atomic E-state index is 1.11. The fourth-order valence-electron chi connectivity index (χ4n) is 0.640. The second-order valence-corrected chi connectivity index (χ2v) is 2.44. The molecule has 0 radical (unpaired) electrons. The van der Waals surface area contributed by atoms with Crippen molar-refractivity contribution in [3.05, 3.63) is 18.1 Å². The van der Waals surface area contributed by atoms with Crippen LogP contribution < -0.4 is 0 Å². The van der Waals surface area contributed by atoms with Gasteiger partial charge in [-0.3, -0.25) is 0 Å². The minimum absolute atomic E-state index is 1.11. The van der Waals surface area contributed by atoms with Crippen LogP contribution in [0.25, 0.3) is 0 Å². The predicted octanol–water partition coefficient (Wildman–Crippen LogP) is 2.96. The molecular weight excluding hydrogens is 96.1 g/mol. The molecular formula is C8H15+. The van der Waals surface area contributed by atoms with Gasteiger partial charge in [0.05, 0.1) is 19.3 Å². The summed E-state index contributed by atoms with van der Waals surface area (Å²) in [6, 6.07) is 0. The van der Waals surface area contributed by atoms with Gasteiger partial charge >= 0.3 is 0 Å². The lowest BCUT2D eigenvalue weighted by molar-refractivity contribution is 0.835. The highest BCUT2D eigenvalue weighted by Gasteiger charge is 2.07. The normalized spacial score (nSPS) is 8.88. The summed E-state index contributed by atoms with van der Waals surface area (Å²) in [5.74, 6) is 1.53. The van der Waals surface area contributed by atoms with Crippen LogP contribution in [0.3, 0.4) is 0 Å². The zero-order valence-corrected chi connectivity index (χ0v) is 6.12. The molecule has 0 heterocycles. The van der Waals surface area contributed by atoms with Gasteiger partial charge in [0.1, 0.15) is 6.42 Å². The van der Waals surface area contributed by atoms with Crippen molar-refractivity contribution in [2.75, 3.05) is 0 Å². The van der Waals surface area contributed by atoms with E-state index in [2.05, 4.69) is 27.4 Å². The zero-order valence-electron chi connectivity index (χ0n) is 6.12. The van der Waals surface area contributed by atoms with Crippen LogP contribution in [0.1, 0.15) is 33.6 Å². The van der Waals surface area contributed by atoms with E-state index in [-0.39, 0.29) is 0 Å². The van der Waals surface area contributed by atoms with Gasteiger partial charge in [0.2, 0.25) is 0 Å². The Morgan fingerprint density at radius 1 is 1.62 bits per heavy atom. The lowest BCUT2D eigenvalue weighted by Crippen LogP contribution is -1.87. The van der Waals surface area contributed by atoms with Gasteiger partial charge in [0.15, 0.2) is 0 Å². The van der Waals surface area contributed by atoms with Crippen LogP contribution in [0.5, 0.6) is 0 Å². The van der Waals surface area contributed by atoms with Crippen LogP contribution in [0.15, 0.2) is 12.2 Å². The molecule has 0 saturated carbocycles. The minimum Gasteiger partial charge on any atom is -0.0959 e. The molecule has 0 amide bonds. The van der Waals surface area contributed by atoms with Crippen LogP contribution in [0.4, 0.5) is 0 Å². The summed E-state index contributed by atoms with van der Waals surface area (Å²) < 4.78 is 0. The van der Waals surface area contributed by atoms with Gasteiger partial charge in [-0.1, -0.05) is 6.58 Å². The monoisotopic (exact) mass is 111 g/mol. The fourth-order valence-corrected chi connectivity index (χ4v) is 0.640. The van der Waals surface area contributed by atoms with Crippen LogP contribution in [-0.4, -0.2) is 0 Å². The Morgan fingerprint density at radius 2 is 2.12 bits per heavy atom. The lowest BCUT2D eigenvalue weighted by atomic mass is 10.0. The molecule has 0 aliphatic rings. The highest BCUT2D eigenvalue weighted by Crippen LogP contribution is 2.13. The summed E-state index contributed by atoms with van der Waals surface area (Å²) >= 11 is 0. The van der Waals surface area contributed by atoms with E-state index in [4.69, 9.17) is 0 Å². The summed E-state index contributed by atoms with van der Waals surface area (Å²) in [4.78, 5) is 0. The Kier molecular flexibility index (Phi) is 3.42. The quantitative estimate of drug-likeness (QED) is 0.388. The van der Waals surface area contributed by atoms with Crippen molar-refractivity contribution in [3.63, 3.8) is 0 Å². The van der Waals surface area contributed by atoms with Crippen molar-refractivity contribution in [2.45, 2.75) is 33.6 Å². The van der Waals surface area contributed by atoms with E-state index >= 15 is 0 Å². The van der Waals surface area contributed by atoms with Crippen LogP contribution in [0.2, 0.25) is 0 Å². The summed E-state index contributed by atoms with van der Waals surface area (Å²) in [5, 5.41) is 0. The van der Waals surface area contributed by atoms with Crippen LogP contribution in [0, 0.1) is 5.92 Å². The van der Waals surface area contributed by atoms with Crippen molar-refractivity contribution in [3.8, 4) is 0 Å². The summed E-state index contributed by atoms with van der Waals surface area (Å²) in [5.41, 5.74) is 1.27. The third kappa shape index (κ3) is 3.79. The Bertz CT molecular complexity index is 72.1. The zero-order chi connectivity index (χ0) is 6.57. The van der Waals surface area contributed by atoms with Crippen molar-refractivity contribution >= 4 is 0 Å². The third-order valence-corrected chi connectivity index (χ3v) is 1.21. The Balaban J connectivity index is 3.24. The molecule has 0 aliphatic carbocycles. The highest BCUT2D eigenvalue weighted by molar-refractivity contribution is 5.00. The molecule has 46 valence electrons. The third-order valence-electron chi connectivity index (χ3n) is 1.21. The molecule has 0 atom stereocenters. The second-order valence-electron chi connectivity index (χ2n) is 2.44. The van der Waals surface area contributed by atoms with Gasteiger partial charge in [-0.2, -0.15) is 0 Å². The molecule has 0 fully saturated rings. The molecule has 0 aliphatic heterocycles. The predicted molar refractivity (Wildman–Crippen MR) is 38.6 cm³/mol. The second kappa shape index (κ2) is 3.59. The van der Waals surface area contributed by atoms with Gasteiger partial charge in [-0.25, -0.2) is 0 Å². The average Bonchev–Trinajstić information content (AvgIpc) is 1.65. The molecule has 8 heavy (non-hydrogen) atoms. The molecule has 0 aromatic carbocycles. The first-order valence-corrected chi connectivity index (χ1v) is 3.12. The largest absolute Gasteiger partial charge is 0.110 e. The van der Waals surface area contributed by atoms with E-state index < -0.39 is 0 Å². The Hall–Kier alpha value is -0.390. The van der Waals surface area contributed by atoms with E-state index in [9.17, 15) is 0 Å². The van der Waals surface area contributed by atoms with E-state index in [1.807, 2.05) is 0 Å². The Labute approximate surface area is 52.6 Å². The van der Waals surface area contributed by atoms with E-state index in [1.54, 1.807) is 0 Å². The summed E-state index contributed by atoms with van der Waals surface area (Å²) in [6.07, 6.45) is 2.30. The number of rotatable bonds is 3. The van der Waals surface area contributed by atoms with E-state index in [1.165, 1.54) is 17.9 Å². The molecule has 0 unspecified atom stereocenters. The van der Waals surface area contributed by atoms with E-state index in [0.29, 0.717) is 0 Å². The standard InChI is InChI=1S/C8H15/c1-5-8(4)6-7(2)3/h2,5-6H2,1,3-4H3/q+1. The summed E-state index contributed by atoms with van der Waals surface area (Å²) in [7, 11) is 0. The fraction of sp³-hybridized carbons (Fsp3) is 0.625. The van der Waals surface area contributed by atoms with Crippen molar-refractivity contribution in [1.82, 2.24) is 0 Å². The first kappa shape index (κ1) is 7.61. The SMILES string of the molecule is C=C(C)C[C+](C)CC. The molecule has 0 N–H and O–H groups in total. The maximum atomic E-state index is 3.82. The van der Waals surface area contributed by atoms with E-state index in [0.717, 1.165) is 6.42 Å². The summed E-state index contributed by atoms with van der Waals surface area (Å²) in [6.45, 7) is 10.2. The molecule has 0 rings (SSSR count). The molecule has 0 aromatic heterocycles. The Morgan fingerprint density at radius 3 is 2.25 bits per heavy atom. The maximum Gasteiger partial charge on any atom is 0.110 e. The topological polar surface area (TPSA) is 0 Å². The average molecular weight is 111 g/mol. The lowest BCUT2D eigenvalue weighted by Gasteiger charge is -1.94. The van der Waals surface area contributed by atoms with Gasteiger partial charge in [0.25, 0.3) is 0 Å². The molecule has 0 heteroatoms. The van der Waals surface area contributed by atoms with Crippen molar-refractivity contribution in [1.29, 1.82) is 0 Å². The highest BCUT2D eigenvalue weighted by atomic mass is 14.0. The van der Waals surface area contributed by atoms with Crippen LogP contribution >= 0.6 is 0 Å². The van der Waals surface area contributed by atoms with Gasteiger partial charge in [-0.15, -0.1) is 0 Å². The molecule has 0 spiro atoms. The number of hydrogen-bond acceptors (Lipinski definition) is 0. The maximum absolute atomic E-state index is 3.82. The number of hydrogen-bond donors (Lipinski definition) is 0.